The van der Waals surface area contributed by atoms with Crippen LogP contribution in [-0.2, 0) is 23.5 Å². The fourth-order valence-electron chi connectivity index (χ4n) is 10.5. The molecule has 4 amide bonds. The molecule has 5 heterocycles. The van der Waals surface area contributed by atoms with E-state index in [-0.39, 0.29) is 55.1 Å². The molecule has 66 heavy (non-hydrogen) atoms. The number of imide groups is 1. The summed E-state index contributed by atoms with van der Waals surface area (Å²) in [6.45, 7) is 5.21. The van der Waals surface area contributed by atoms with E-state index in [4.69, 9.17) is 14.2 Å². The van der Waals surface area contributed by atoms with Crippen molar-refractivity contribution in [1.82, 2.24) is 25.5 Å². The van der Waals surface area contributed by atoms with Gasteiger partial charge in [0.05, 0.1) is 37.2 Å². The minimum absolute atomic E-state index is 0.0287. The number of phosphoric ester groups is 1. The predicted octanol–water partition coefficient (Wildman–Crippen LogP) is 5.37. The lowest BCUT2D eigenvalue weighted by molar-refractivity contribution is -0.134. The van der Waals surface area contributed by atoms with Crippen molar-refractivity contribution in [2.24, 2.45) is 5.92 Å². The number of likely N-dealkylation sites (N-methyl/N-ethyl adjacent to an activating group) is 1. The molecule has 18 nitrogen and oxygen atoms in total. The number of amides is 4. The number of methoxy groups -OCH3 is 1. The van der Waals surface area contributed by atoms with Crippen molar-refractivity contribution in [2.45, 2.75) is 108 Å². The lowest BCUT2D eigenvalue weighted by Crippen LogP contribution is -2.56. The third kappa shape index (κ3) is 10.5. The molecule has 1 aliphatic carbocycles. The summed E-state index contributed by atoms with van der Waals surface area (Å²) in [6, 6.07) is 9.83. The number of rotatable bonds is 15. The van der Waals surface area contributed by atoms with Gasteiger partial charge in [-0.15, -0.1) is 0 Å². The molecule has 2 aromatic carbocycles. The zero-order chi connectivity index (χ0) is 46.8. The molecule has 20 heteroatoms. The second-order valence-electron chi connectivity index (χ2n) is 18.4. The molecule has 5 aliphatic rings. The van der Waals surface area contributed by atoms with Crippen LogP contribution in [0.15, 0.2) is 42.6 Å². The molecule has 0 spiro atoms. The van der Waals surface area contributed by atoms with Gasteiger partial charge >= 0.3 is 7.82 Å². The van der Waals surface area contributed by atoms with Crippen molar-refractivity contribution in [3.63, 3.8) is 0 Å². The molecule has 1 unspecified atom stereocenters. The fourth-order valence-corrected chi connectivity index (χ4v) is 10.8. The van der Waals surface area contributed by atoms with Crippen LogP contribution in [0.3, 0.4) is 0 Å². The van der Waals surface area contributed by atoms with E-state index in [2.05, 4.69) is 30.7 Å². The van der Waals surface area contributed by atoms with Crippen molar-refractivity contribution in [3.8, 4) is 5.75 Å². The summed E-state index contributed by atoms with van der Waals surface area (Å²) < 4.78 is 37.7. The molecule has 0 radical (unpaired) electrons. The van der Waals surface area contributed by atoms with Gasteiger partial charge < -0.3 is 44.8 Å². The number of fused-ring (bicyclic) bond motifs is 1. The van der Waals surface area contributed by atoms with Gasteiger partial charge in [0.2, 0.25) is 23.7 Å². The van der Waals surface area contributed by atoms with E-state index in [1.54, 1.807) is 48.5 Å². The number of nitrogens with one attached hydrogen (secondary N) is 3. The second kappa shape index (κ2) is 20.0. The van der Waals surface area contributed by atoms with Crippen molar-refractivity contribution < 1.29 is 47.2 Å². The quantitative estimate of drug-likeness (QED) is 0.0956. The average molecular weight is 934 g/mol. The number of hydrogen-bond acceptors (Lipinski definition) is 13. The van der Waals surface area contributed by atoms with Crippen LogP contribution in [0.4, 0.5) is 33.2 Å². The lowest BCUT2D eigenvalue weighted by Gasteiger charge is -2.44. The molecule has 1 aromatic heterocycles. The molecule has 356 valence electrons. The van der Waals surface area contributed by atoms with Crippen molar-refractivity contribution >= 4 is 60.3 Å². The van der Waals surface area contributed by atoms with Crippen LogP contribution in [-0.4, -0.2) is 119 Å². The van der Waals surface area contributed by atoms with Crippen LogP contribution >= 0.6 is 7.82 Å². The first kappa shape index (κ1) is 47.3. The van der Waals surface area contributed by atoms with E-state index in [0.29, 0.717) is 103 Å². The highest BCUT2D eigenvalue weighted by atomic mass is 31.2. The molecule has 1 saturated carbocycles. The number of benzene rings is 2. The van der Waals surface area contributed by atoms with E-state index in [0.717, 1.165) is 45.1 Å². The summed E-state index contributed by atoms with van der Waals surface area (Å²) in [5, 5.41) is 8.81. The number of phosphoric acid groups is 1. The first-order chi connectivity index (χ1) is 31.6. The summed E-state index contributed by atoms with van der Waals surface area (Å²) in [5.74, 6) is -0.212. The summed E-state index contributed by atoms with van der Waals surface area (Å²) in [4.78, 5) is 87.9. The first-order valence-corrected chi connectivity index (χ1v) is 24.7. The third-order valence-corrected chi connectivity index (χ3v) is 14.8. The molecule has 2 atom stereocenters. The number of likely N-dealkylation sites (tertiary alicyclic amines) is 1. The van der Waals surface area contributed by atoms with Gasteiger partial charge in [-0.1, -0.05) is 25.8 Å². The molecule has 3 aromatic rings. The third-order valence-electron chi connectivity index (χ3n) is 14.2. The Hall–Kier alpha value is -5.20. The summed E-state index contributed by atoms with van der Waals surface area (Å²) >= 11 is 0. The highest BCUT2D eigenvalue weighted by Crippen LogP contribution is 2.41. The first-order valence-electron chi connectivity index (χ1n) is 23.1. The maximum Gasteiger partial charge on any atom is 0.469 e. The summed E-state index contributed by atoms with van der Waals surface area (Å²) in [7, 11) is -1.48. The molecule has 4 fully saturated rings. The molecular formula is C46H61FN9O9P. The van der Waals surface area contributed by atoms with Crippen LogP contribution in [0.25, 0.3) is 0 Å². The van der Waals surface area contributed by atoms with Gasteiger partial charge in [-0.25, -0.2) is 13.9 Å². The Labute approximate surface area is 384 Å². The van der Waals surface area contributed by atoms with Crippen LogP contribution in [0.1, 0.15) is 106 Å². The largest absolute Gasteiger partial charge is 0.495 e. The minimum atomic E-state index is -4.74. The zero-order valence-corrected chi connectivity index (χ0v) is 38.7. The monoisotopic (exact) mass is 933 g/mol. The Morgan fingerprint density at radius 2 is 1.74 bits per heavy atom. The molecule has 5 N–H and O–H groups in total. The van der Waals surface area contributed by atoms with Crippen molar-refractivity contribution in [2.75, 3.05) is 73.5 Å². The topological polar surface area (TPSA) is 219 Å². The molecular weight excluding hydrogens is 873 g/mol. The highest BCUT2D eigenvalue weighted by Gasteiger charge is 2.42. The van der Waals surface area contributed by atoms with Crippen molar-refractivity contribution in [3.05, 3.63) is 59.5 Å². The van der Waals surface area contributed by atoms with E-state index in [1.807, 2.05) is 11.8 Å². The lowest BCUT2D eigenvalue weighted by atomic mass is 9.83. The Balaban J connectivity index is 0.893. The number of aromatic nitrogens is 2. The van der Waals surface area contributed by atoms with Crippen LogP contribution < -0.4 is 35.4 Å². The van der Waals surface area contributed by atoms with Crippen molar-refractivity contribution in [1.29, 1.82) is 0 Å². The van der Waals surface area contributed by atoms with Gasteiger partial charge in [0.15, 0.2) is 5.82 Å². The van der Waals surface area contributed by atoms with Crippen LogP contribution in [0.5, 0.6) is 5.75 Å². The summed E-state index contributed by atoms with van der Waals surface area (Å²) in [6.07, 6.45) is 10.0. The normalized spacial score (nSPS) is 22.0. The highest BCUT2D eigenvalue weighted by molar-refractivity contribution is 7.46. The number of halogens is 1. The molecule has 8 rings (SSSR count). The maximum atomic E-state index is 15.4. The van der Waals surface area contributed by atoms with Gasteiger partial charge in [0.25, 0.3) is 5.91 Å². The Morgan fingerprint density at radius 1 is 1.00 bits per heavy atom. The zero-order valence-electron chi connectivity index (χ0n) is 37.8. The van der Waals surface area contributed by atoms with E-state index in [9.17, 15) is 33.5 Å². The van der Waals surface area contributed by atoms with E-state index < -0.39 is 25.2 Å². The minimum Gasteiger partial charge on any atom is -0.495 e. The number of ether oxygens (including phenoxy) is 1. The average Bonchev–Trinajstić information content (AvgIpc) is 3.83. The number of hydrogen-bond donors (Lipinski definition) is 5. The van der Waals surface area contributed by atoms with E-state index in [1.165, 1.54) is 13.2 Å². The molecule has 3 saturated heterocycles. The van der Waals surface area contributed by atoms with Crippen LogP contribution in [0.2, 0.25) is 0 Å². The number of carbonyl (C=O) groups is 4. The Morgan fingerprint density at radius 3 is 2.41 bits per heavy atom. The Bertz CT molecular complexity index is 2350. The number of carbonyl (C=O) groups excluding carboxylic acids is 4. The molecule has 0 bridgehead atoms. The maximum absolute atomic E-state index is 15.4. The fraction of sp³-hybridized carbons (Fsp3) is 0.565. The summed E-state index contributed by atoms with van der Waals surface area (Å²) in [5.41, 5.74) is 1.77. The number of nitrogens with zero attached hydrogens (tertiary/aromatic N) is 6. The Kier molecular flexibility index (Phi) is 14.3. The SMILES string of the molecule is CC[C@@H]1C(=O)N(C)c2cnc(Nc3ccc(C(=O)NC4(CCOP(=O)(O)O)CCN(CC5CCN(c6ccc(C7CCC(=O)NC7=O)cc6F)CC5)CC4)cc3OC)nc2N1C1CCCC1. The van der Waals surface area contributed by atoms with Gasteiger partial charge in [0.1, 0.15) is 23.3 Å². The second-order valence-corrected chi connectivity index (χ2v) is 19.6. The predicted molar refractivity (Wildman–Crippen MR) is 245 cm³/mol. The smallest absolute Gasteiger partial charge is 0.469 e. The number of anilines is 5. The van der Waals surface area contributed by atoms with Gasteiger partial charge in [-0.2, -0.15) is 4.98 Å². The van der Waals surface area contributed by atoms with Crippen LogP contribution in [0, 0.1) is 11.7 Å². The standard InChI is InChI=1S/C46H61FN9O9P/c1-4-36-44(60)53(2)38-27-48-45(51-41(38)56(36)32-7-5-6-8-32)49-35-12-9-31(26-39(35)64-3)42(58)52-46(19-24-65-66(61,62)63)17-22-54(23-18-46)28-29-15-20-55(21-16-29)37-13-10-30(25-34(37)47)33-11-14-40(57)50-43(33)59/h9-10,12-13,25-27,29,32-33,36H,4-8,11,14-24,28H2,1-3H3,(H,52,58)(H,48,49,51)(H,50,57,59)(H2,61,62,63)/t33?,36-/m1/s1. The van der Waals surface area contributed by atoms with Gasteiger partial charge in [0, 0.05) is 63.3 Å². The van der Waals surface area contributed by atoms with Gasteiger partial charge in [-0.05, 0) is 99.6 Å². The van der Waals surface area contributed by atoms with E-state index >= 15 is 4.39 Å². The number of piperidine rings is 3. The molecule has 4 aliphatic heterocycles. The van der Waals surface area contributed by atoms with Gasteiger partial charge in [-0.3, -0.25) is 29.0 Å².